The van der Waals surface area contributed by atoms with Crippen LogP contribution in [-0.4, -0.2) is 13.2 Å². The summed E-state index contributed by atoms with van der Waals surface area (Å²) >= 11 is 0. The molecule has 0 fully saturated rings. The standard InChI is InChI=1S/C20H42O/c1-17(15-19(3,4)5)11-9-13-21-14-10-12-18(2)16-20(6,7)8/h17-18H,9-16H2,1-8H3. The van der Waals surface area contributed by atoms with Crippen molar-refractivity contribution in [2.45, 2.75) is 93.9 Å². The molecule has 0 spiro atoms. The molecule has 0 radical (unpaired) electrons. The molecular weight excluding hydrogens is 256 g/mol. The fraction of sp³-hybridized carbons (Fsp3) is 1.00. The van der Waals surface area contributed by atoms with Crippen LogP contribution in [0, 0.1) is 22.7 Å². The Labute approximate surface area is 135 Å². The van der Waals surface area contributed by atoms with E-state index >= 15 is 0 Å². The Morgan fingerprint density at radius 1 is 0.667 bits per heavy atom. The lowest BCUT2D eigenvalue weighted by Crippen LogP contribution is -2.12. The fourth-order valence-electron chi connectivity index (χ4n) is 3.46. The Morgan fingerprint density at radius 2 is 1.00 bits per heavy atom. The summed E-state index contributed by atoms with van der Waals surface area (Å²) in [6, 6.07) is 0. The predicted molar refractivity (Wildman–Crippen MR) is 95.8 cm³/mol. The van der Waals surface area contributed by atoms with Gasteiger partial charge in [0.25, 0.3) is 0 Å². The van der Waals surface area contributed by atoms with Gasteiger partial charge in [0.1, 0.15) is 0 Å². The van der Waals surface area contributed by atoms with Gasteiger partial charge in [0.15, 0.2) is 0 Å². The van der Waals surface area contributed by atoms with Crippen LogP contribution in [0.25, 0.3) is 0 Å². The highest BCUT2D eigenvalue weighted by atomic mass is 16.5. The minimum Gasteiger partial charge on any atom is -0.381 e. The SMILES string of the molecule is CC(CCCOCCCC(C)CC(C)(C)C)CC(C)(C)C. The lowest BCUT2D eigenvalue weighted by molar-refractivity contribution is 0.117. The van der Waals surface area contributed by atoms with E-state index in [-0.39, 0.29) is 0 Å². The monoisotopic (exact) mass is 298 g/mol. The topological polar surface area (TPSA) is 9.23 Å². The maximum atomic E-state index is 5.79. The molecule has 0 aliphatic heterocycles. The van der Waals surface area contributed by atoms with Crippen LogP contribution in [0.15, 0.2) is 0 Å². The van der Waals surface area contributed by atoms with E-state index in [0.29, 0.717) is 10.8 Å². The van der Waals surface area contributed by atoms with Gasteiger partial charge >= 0.3 is 0 Å². The van der Waals surface area contributed by atoms with Crippen LogP contribution in [0.2, 0.25) is 0 Å². The van der Waals surface area contributed by atoms with Crippen molar-refractivity contribution in [1.82, 2.24) is 0 Å². The third-order valence-electron chi connectivity index (χ3n) is 3.89. The minimum atomic E-state index is 0.462. The molecule has 21 heavy (non-hydrogen) atoms. The van der Waals surface area contributed by atoms with Gasteiger partial charge in [0.2, 0.25) is 0 Å². The molecule has 0 aromatic heterocycles. The molecule has 0 aliphatic rings. The van der Waals surface area contributed by atoms with Gasteiger partial charge in [-0.15, -0.1) is 0 Å². The summed E-state index contributed by atoms with van der Waals surface area (Å²) < 4.78 is 5.79. The Hall–Kier alpha value is -0.0400. The second-order valence-electron chi connectivity index (χ2n) is 9.64. The summed E-state index contributed by atoms with van der Waals surface area (Å²) in [6.45, 7) is 20.6. The third-order valence-corrected chi connectivity index (χ3v) is 3.89. The van der Waals surface area contributed by atoms with Crippen molar-refractivity contribution in [2.75, 3.05) is 13.2 Å². The number of hydrogen-bond acceptors (Lipinski definition) is 1. The molecule has 0 bridgehead atoms. The Balaban J connectivity index is 3.45. The summed E-state index contributed by atoms with van der Waals surface area (Å²) in [5.41, 5.74) is 0.924. The van der Waals surface area contributed by atoms with Crippen molar-refractivity contribution in [3.63, 3.8) is 0 Å². The molecular formula is C20H42O. The summed E-state index contributed by atoms with van der Waals surface area (Å²) in [7, 11) is 0. The molecule has 0 heterocycles. The molecule has 0 rings (SSSR count). The molecule has 0 N–H and O–H groups in total. The lowest BCUT2D eigenvalue weighted by Gasteiger charge is -2.23. The number of hydrogen-bond donors (Lipinski definition) is 0. The van der Waals surface area contributed by atoms with E-state index in [0.717, 1.165) is 25.0 Å². The summed E-state index contributed by atoms with van der Waals surface area (Å²) in [5.74, 6) is 1.64. The molecule has 1 heteroatoms. The van der Waals surface area contributed by atoms with Gasteiger partial charge in [-0.1, -0.05) is 55.4 Å². The first-order chi connectivity index (χ1) is 9.49. The van der Waals surface area contributed by atoms with E-state index in [1.807, 2.05) is 0 Å². The Bertz CT molecular complexity index is 218. The average Bonchev–Trinajstić information content (AvgIpc) is 2.22. The van der Waals surface area contributed by atoms with Crippen LogP contribution in [0.5, 0.6) is 0 Å². The van der Waals surface area contributed by atoms with Crippen molar-refractivity contribution in [3.05, 3.63) is 0 Å². The first-order valence-corrected chi connectivity index (χ1v) is 9.07. The van der Waals surface area contributed by atoms with Crippen LogP contribution >= 0.6 is 0 Å². The van der Waals surface area contributed by atoms with Gasteiger partial charge in [-0.05, 0) is 61.2 Å². The second-order valence-corrected chi connectivity index (χ2v) is 9.64. The van der Waals surface area contributed by atoms with Crippen LogP contribution < -0.4 is 0 Å². The molecule has 0 saturated carbocycles. The van der Waals surface area contributed by atoms with Gasteiger partial charge in [-0.3, -0.25) is 0 Å². The molecule has 2 unspecified atom stereocenters. The summed E-state index contributed by atoms with van der Waals surface area (Å²) in [6.07, 6.45) is 7.67. The highest BCUT2D eigenvalue weighted by Crippen LogP contribution is 2.27. The van der Waals surface area contributed by atoms with Gasteiger partial charge < -0.3 is 4.74 Å². The molecule has 0 aromatic carbocycles. The summed E-state index contributed by atoms with van der Waals surface area (Å²) in [5, 5.41) is 0. The van der Waals surface area contributed by atoms with Gasteiger partial charge in [-0.25, -0.2) is 0 Å². The van der Waals surface area contributed by atoms with Crippen LogP contribution in [0.1, 0.15) is 93.9 Å². The van der Waals surface area contributed by atoms with E-state index < -0.39 is 0 Å². The van der Waals surface area contributed by atoms with Crippen LogP contribution in [0.4, 0.5) is 0 Å². The Morgan fingerprint density at radius 3 is 1.29 bits per heavy atom. The average molecular weight is 299 g/mol. The van der Waals surface area contributed by atoms with Gasteiger partial charge in [0, 0.05) is 13.2 Å². The highest BCUT2D eigenvalue weighted by Gasteiger charge is 2.15. The molecule has 0 aliphatic carbocycles. The Kier molecular flexibility index (Phi) is 9.85. The smallest absolute Gasteiger partial charge is 0.0466 e. The quantitative estimate of drug-likeness (QED) is 0.407. The zero-order valence-electron chi connectivity index (χ0n) is 16.2. The molecule has 1 nitrogen and oxygen atoms in total. The van der Waals surface area contributed by atoms with E-state index in [9.17, 15) is 0 Å². The van der Waals surface area contributed by atoms with Crippen molar-refractivity contribution >= 4 is 0 Å². The lowest BCUT2D eigenvalue weighted by atomic mass is 9.84. The minimum absolute atomic E-state index is 0.462. The molecule has 0 amide bonds. The van der Waals surface area contributed by atoms with Crippen molar-refractivity contribution < 1.29 is 4.74 Å². The first-order valence-electron chi connectivity index (χ1n) is 9.07. The number of ether oxygens (including phenoxy) is 1. The van der Waals surface area contributed by atoms with Crippen molar-refractivity contribution in [3.8, 4) is 0 Å². The van der Waals surface area contributed by atoms with E-state index in [4.69, 9.17) is 4.74 Å². The van der Waals surface area contributed by atoms with E-state index in [2.05, 4.69) is 55.4 Å². The predicted octanol–water partition coefficient (Wildman–Crippen LogP) is 6.71. The third kappa shape index (κ3) is 16.2. The van der Waals surface area contributed by atoms with Crippen molar-refractivity contribution in [2.24, 2.45) is 22.7 Å². The molecule has 128 valence electrons. The maximum absolute atomic E-state index is 5.79. The molecule has 0 saturated heterocycles. The van der Waals surface area contributed by atoms with E-state index in [1.54, 1.807) is 0 Å². The maximum Gasteiger partial charge on any atom is 0.0466 e. The number of rotatable bonds is 10. The van der Waals surface area contributed by atoms with Crippen molar-refractivity contribution in [1.29, 1.82) is 0 Å². The first kappa shape index (κ1) is 21.0. The largest absolute Gasteiger partial charge is 0.381 e. The second kappa shape index (κ2) is 9.87. The van der Waals surface area contributed by atoms with Crippen LogP contribution in [0.3, 0.4) is 0 Å². The zero-order valence-corrected chi connectivity index (χ0v) is 16.2. The van der Waals surface area contributed by atoms with E-state index in [1.165, 1.54) is 38.5 Å². The highest BCUT2D eigenvalue weighted by molar-refractivity contribution is 4.67. The fourth-order valence-corrected chi connectivity index (χ4v) is 3.46. The molecule has 2 atom stereocenters. The summed E-state index contributed by atoms with van der Waals surface area (Å²) in [4.78, 5) is 0. The van der Waals surface area contributed by atoms with Gasteiger partial charge in [0.05, 0.1) is 0 Å². The van der Waals surface area contributed by atoms with Gasteiger partial charge in [-0.2, -0.15) is 0 Å². The normalized spacial score (nSPS) is 16.0. The zero-order chi connectivity index (χ0) is 16.5. The molecule has 0 aromatic rings. The van der Waals surface area contributed by atoms with Crippen LogP contribution in [-0.2, 0) is 4.74 Å².